The van der Waals surface area contributed by atoms with Crippen LogP contribution in [0.1, 0.15) is 42.5 Å². The molecule has 2 aromatic heterocycles. The zero-order chi connectivity index (χ0) is 17.4. The van der Waals surface area contributed by atoms with E-state index in [1.165, 1.54) is 35.1 Å². The second-order valence-corrected chi connectivity index (χ2v) is 8.67. The summed E-state index contributed by atoms with van der Waals surface area (Å²) in [5, 5.41) is 4.95. The van der Waals surface area contributed by atoms with E-state index in [4.69, 9.17) is 14.7 Å². The van der Waals surface area contributed by atoms with Crippen molar-refractivity contribution in [2.45, 2.75) is 52.6 Å². The highest BCUT2D eigenvalue weighted by molar-refractivity contribution is 7.18. The molecule has 0 spiro atoms. The number of aromatic nitrogens is 2. The fourth-order valence-corrected chi connectivity index (χ4v) is 4.75. The Morgan fingerprint density at radius 3 is 2.68 bits per heavy atom. The topological polar surface area (TPSA) is 50.3 Å². The summed E-state index contributed by atoms with van der Waals surface area (Å²) < 4.78 is 5.46. The van der Waals surface area contributed by atoms with E-state index < -0.39 is 0 Å². The summed E-state index contributed by atoms with van der Waals surface area (Å²) in [6.45, 7) is 11.0. The van der Waals surface area contributed by atoms with Crippen LogP contribution in [0, 0.1) is 19.8 Å². The lowest BCUT2D eigenvalue weighted by Gasteiger charge is -2.32. The molecule has 1 aliphatic heterocycles. The number of nitrogens with one attached hydrogen (secondary N) is 1. The molecule has 0 amide bonds. The highest BCUT2D eigenvalue weighted by Crippen LogP contribution is 2.36. The molecule has 1 N–H and O–H groups in total. The number of morpholine rings is 1. The lowest BCUT2D eigenvalue weighted by atomic mass is 9.80. The maximum atomic E-state index is 5.46. The van der Waals surface area contributed by atoms with Gasteiger partial charge >= 0.3 is 0 Å². The highest BCUT2D eigenvalue weighted by Gasteiger charge is 2.25. The van der Waals surface area contributed by atoms with Crippen LogP contribution < -0.4 is 5.32 Å². The van der Waals surface area contributed by atoms with Crippen molar-refractivity contribution in [3.05, 3.63) is 16.3 Å². The third-order valence-corrected chi connectivity index (χ3v) is 6.87. The number of rotatable bonds is 5. The fraction of sp³-hybridized carbons (Fsp3) is 0.684. The molecule has 25 heavy (non-hydrogen) atoms. The summed E-state index contributed by atoms with van der Waals surface area (Å²) in [4.78, 5) is 14.7. The van der Waals surface area contributed by atoms with Gasteiger partial charge in [-0.1, -0.05) is 6.42 Å². The van der Waals surface area contributed by atoms with Gasteiger partial charge in [0, 0.05) is 24.0 Å². The number of hydrogen-bond acceptors (Lipinski definition) is 6. The molecule has 1 saturated heterocycles. The van der Waals surface area contributed by atoms with Crippen molar-refractivity contribution in [1.29, 1.82) is 0 Å². The van der Waals surface area contributed by atoms with Gasteiger partial charge in [0.25, 0.3) is 0 Å². The van der Waals surface area contributed by atoms with Crippen LogP contribution in [0.25, 0.3) is 10.2 Å². The minimum absolute atomic E-state index is 0.475. The Bertz CT molecular complexity index is 749. The average Bonchev–Trinajstić information content (AvgIpc) is 2.81. The van der Waals surface area contributed by atoms with Crippen LogP contribution in [0.3, 0.4) is 0 Å². The molecule has 0 radical (unpaired) electrons. The van der Waals surface area contributed by atoms with E-state index in [1.807, 2.05) is 0 Å². The summed E-state index contributed by atoms with van der Waals surface area (Å²) in [6, 6.07) is 0.475. The van der Waals surface area contributed by atoms with Gasteiger partial charge in [-0.15, -0.1) is 11.3 Å². The van der Waals surface area contributed by atoms with Crippen molar-refractivity contribution >= 4 is 27.4 Å². The third-order valence-electron chi connectivity index (χ3n) is 5.77. The first-order valence-electron chi connectivity index (χ1n) is 9.45. The summed E-state index contributed by atoms with van der Waals surface area (Å²) in [5.74, 6) is 2.75. The minimum atomic E-state index is 0.475. The molecule has 0 aromatic carbocycles. The standard InChI is InChI=1S/C19H28N4OS/c1-12-14(3)25-19-17(12)18(20-13(2)15-5-4-6-15)21-16(22-19)11-23-7-9-24-10-8-23/h13,15H,4-11H2,1-3H3,(H,20,21,22). The normalized spacial score (nSPS) is 20.6. The summed E-state index contributed by atoms with van der Waals surface area (Å²) in [6.07, 6.45) is 4.05. The Balaban J connectivity index is 1.64. The van der Waals surface area contributed by atoms with E-state index in [2.05, 4.69) is 31.0 Å². The van der Waals surface area contributed by atoms with Crippen molar-refractivity contribution in [2.24, 2.45) is 5.92 Å². The van der Waals surface area contributed by atoms with Crippen LogP contribution >= 0.6 is 11.3 Å². The van der Waals surface area contributed by atoms with E-state index in [9.17, 15) is 0 Å². The second-order valence-electron chi connectivity index (χ2n) is 7.46. The molecule has 2 fully saturated rings. The molecule has 6 heteroatoms. The minimum Gasteiger partial charge on any atom is -0.379 e. The molecule has 2 aromatic rings. The van der Waals surface area contributed by atoms with Gasteiger partial charge in [0.2, 0.25) is 0 Å². The van der Waals surface area contributed by atoms with Crippen molar-refractivity contribution < 1.29 is 4.74 Å². The third kappa shape index (κ3) is 3.52. The number of nitrogens with zero attached hydrogens (tertiary/aromatic N) is 3. The monoisotopic (exact) mass is 360 g/mol. The molecule has 136 valence electrons. The van der Waals surface area contributed by atoms with Crippen LogP contribution in [0.4, 0.5) is 5.82 Å². The van der Waals surface area contributed by atoms with Gasteiger partial charge in [0.15, 0.2) is 0 Å². The molecule has 1 unspecified atom stereocenters. The van der Waals surface area contributed by atoms with Gasteiger partial charge in [-0.2, -0.15) is 0 Å². The number of ether oxygens (including phenoxy) is 1. The van der Waals surface area contributed by atoms with Crippen molar-refractivity contribution in [3.63, 3.8) is 0 Å². The van der Waals surface area contributed by atoms with Crippen molar-refractivity contribution in [1.82, 2.24) is 14.9 Å². The number of hydrogen-bond donors (Lipinski definition) is 1. The predicted molar refractivity (Wildman–Crippen MR) is 103 cm³/mol. The maximum absolute atomic E-state index is 5.46. The molecule has 1 aliphatic carbocycles. The quantitative estimate of drug-likeness (QED) is 0.880. The lowest BCUT2D eigenvalue weighted by Crippen LogP contribution is -2.36. The number of aryl methyl sites for hydroxylation is 2. The van der Waals surface area contributed by atoms with E-state index in [1.54, 1.807) is 11.3 Å². The first kappa shape index (κ1) is 17.2. The van der Waals surface area contributed by atoms with Crippen LogP contribution in [0.2, 0.25) is 0 Å². The van der Waals surface area contributed by atoms with Gasteiger partial charge in [-0.3, -0.25) is 4.90 Å². The van der Waals surface area contributed by atoms with E-state index in [0.717, 1.165) is 55.2 Å². The van der Waals surface area contributed by atoms with Gasteiger partial charge in [-0.25, -0.2) is 9.97 Å². The second kappa shape index (κ2) is 7.17. The first-order chi connectivity index (χ1) is 12.1. The molecule has 5 nitrogen and oxygen atoms in total. The van der Waals surface area contributed by atoms with Crippen LogP contribution in [0.5, 0.6) is 0 Å². The zero-order valence-electron chi connectivity index (χ0n) is 15.5. The maximum Gasteiger partial charge on any atom is 0.146 e. The Labute approximate surface area is 153 Å². The smallest absolute Gasteiger partial charge is 0.146 e. The van der Waals surface area contributed by atoms with E-state index in [0.29, 0.717) is 6.04 Å². The van der Waals surface area contributed by atoms with Crippen molar-refractivity contribution in [3.8, 4) is 0 Å². The van der Waals surface area contributed by atoms with E-state index in [-0.39, 0.29) is 0 Å². The molecule has 1 saturated carbocycles. The summed E-state index contributed by atoms with van der Waals surface area (Å²) in [7, 11) is 0. The molecular formula is C19H28N4OS. The Morgan fingerprint density at radius 2 is 2.00 bits per heavy atom. The SMILES string of the molecule is Cc1sc2nc(CN3CCOCC3)nc(NC(C)C3CCC3)c2c1C. The van der Waals surface area contributed by atoms with Crippen LogP contribution in [-0.4, -0.2) is 47.2 Å². The van der Waals surface area contributed by atoms with E-state index >= 15 is 0 Å². The molecule has 3 heterocycles. The Hall–Kier alpha value is -1.24. The summed E-state index contributed by atoms with van der Waals surface area (Å²) in [5.41, 5.74) is 1.32. The largest absolute Gasteiger partial charge is 0.379 e. The average molecular weight is 361 g/mol. The molecular weight excluding hydrogens is 332 g/mol. The van der Waals surface area contributed by atoms with Gasteiger partial charge < -0.3 is 10.1 Å². The molecule has 1 atom stereocenters. The predicted octanol–water partition coefficient (Wildman–Crippen LogP) is 3.74. The van der Waals surface area contributed by atoms with Gasteiger partial charge in [-0.05, 0) is 45.1 Å². The van der Waals surface area contributed by atoms with Crippen LogP contribution in [-0.2, 0) is 11.3 Å². The zero-order valence-corrected chi connectivity index (χ0v) is 16.3. The fourth-order valence-electron chi connectivity index (χ4n) is 3.70. The molecule has 0 bridgehead atoms. The highest BCUT2D eigenvalue weighted by atomic mass is 32.1. The van der Waals surface area contributed by atoms with Gasteiger partial charge in [0.05, 0.1) is 25.1 Å². The number of fused-ring (bicyclic) bond motifs is 1. The molecule has 4 rings (SSSR count). The Kier molecular flexibility index (Phi) is 4.93. The number of anilines is 1. The Morgan fingerprint density at radius 1 is 1.24 bits per heavy atom. The first-order valence-corrected chi connectivity index (χ1v) is 10.3. The summed E-state index contributed by atoms with van der Waals surface area (Å²) >= 11 is 1.79. The number of thiophene rings is 1. The van der Waals surface area contributed by atoms with Crippen LogP contribution in [0.15, 0.2) is 0 Å². The van der Waals surface area contributed by atoms with Crippen molar-refractivity contribution in [2.75, 3.05) is 31.6 Å². The van der Waals surface area contributed by atoms with Gasteiger partial charge in [0.1, 0.15) is 16.5 Å². The lowest BCUT2D eigenvalue weighted by molar-refractivity contribution is 0.0331. The molecule has 2 aliphatic rings.